The first-order valence-corrected chi connectivity index (χ1v) is 10.1. The molecule has 0 bridgehead atoms. The number of hydrogen-bond acceptors (Lipinski definition) is 5. The summed E-state index contributed by atoms with van der Waals surface area (Å²) in [7, 11) is 2.14. The molecule has 1 amide bonds. The van der Waals surface area contributed by atoms with Crippen LogP contribution >= 0.6 is 11.8 Å². The lowest BCUT2D eigenvalue weighted by atomic mass is 10.2. The van der Waals surface area contributed by atoms with Crippen LogP contribution in [0, 0.1) is 6.92 Å². The third kappa shape index (κ3) is 5.47. The fraction of sp³-hybridized carbons (Fsp3) is 0.400. The summed E-state index contributed by atoms with van der Waals surface area (Å²) in [5.41, 5.74) is 3.25. The van der Waals surface area contributed by atoms with E-state index in [4.69, 9.17) is 0 Å². The topological polar surface area (TPSA) is 48.5 Å². The minimum atomic E-state index is 0.0104. The van der Waals surface area contributed by atoms with Crippen molar-refractivity contribution in [2.75, 3.05) is 49.2 Å². The Morgan fingerprint density at radius 1 is 1.12 bits per heavy atom. The number of aryl methyl sites for hydroxylation is 1. The number of benzene rings is 1. The molecule has 0 unspecified atom stereocenters. The minimum Gasteiger partial charge on any atom is -0.354 e. The number of hydrogen-bond donors (Lipinski definition) is 1. The Morgan fingerprint density at radius 2 is 1.85 bits per heavy atom. The smallest absolute Gasteiger partial charge is 0.234 e. The molecule has 1 N–H and O–H groups in total. The summed E-state index contributed by atoms with van der Waals surface area (Å²) in [5, 5.41) is 2.93. The first-order chi connectivity index (χ1) is 12.6. The fourth-order valence-electron chi connectivity index (χ4n) is 2.83. The molecule has 138 valence electrons. The number of carbonyl (C=O) groups is 1. The molecule has 5 nitrogen and oxygen atoms in total. The van der Waals surface area contributed by atoms with Crippen molar-refractivity contribution in [1.82, 2.24) is 9.88 Å². The highest BCUT2D eigenvalue weighted by Crippen LogP contribution is 2.17. The van der Waals surface area contributed by atoms with E-state index in [1.807, 2.05) is 12.1 Å². The SMILES string of the molecule is Cc1ccc(CSCC(=O)Nc2ccc(N3CCN(C)CC3)nc2)cc1. The van der Waals surface area contributed by atoms with Crippen LogP contribution < -0.4 is 10.2 Å². The lowest BCUT2D eigenvalue weighted by molar-refractivity contribution is -0.113. The van der Waals surface area contributed by atoms with Crippen molar-refractivity contribution in [2.24, 2.45) is 0 Å². The van der Waals surface area contributed by atoms with Crippen LogP contribution in [0.1, 0.15) is 11.1 Å². The van der Waals surface area contributed by atoms with Crippen molar-refractivity contribution in [2.45, 2.75) is 12.7 Å². The monoisotopic (exact) mass is 370 g/mol. The van der Waals surface area contributed by atoms with Crippen molar-refractivity contribution < 1.29 is 4.79 Å². The standard InChI is InChI=1S/C20H26N4OS/c1-16-3-5-17(6-4-16)14-26-15-20(25)22-18-7-8-19(21-13-18)24-11-9-23(2)10-12-24/h3-8,13H,9-12,14-15H2,1-2H3,(H,22,25). The Morgan fingerprint density at radius 3 is 2.50 bits per heavy atom. The molecule has 1 saturated heterocycles. The van der Waals surface area contributed by atoms with E-state index in [0.29, 0.717) is 5.75 Å². The van der Waals surface area contributed by atoms with Gasteiger partial charge in [0.1, 0.15) is 5.82 Å². The van der Waals surface area contributed by atoms with E-state index >= 15 is 0 Å². The number of pyridine rings is 1. The molecule has 1 fully saturated rings. The summed E-state index contributed by atoms with van der Waals surface area (Å²) in [6.07, 6.45) is 1.75. The number of rotatable bonds is 6. The van der Waals surface area contributed by atoms with E-state index < -0.39 is 0 Å². The van der Waals surface area contributed by atoms with Crippen LogP contribution in [-0.2, 0) is 10.5 Å². The van der Waals surface area contributed by atoms with Gasteiger partial charge in [-0.1, -0.05) is 29.8 Å². The summed E-state index contributed by atoms with van der Waals surface area (Å²) in [5.74, 6) is 2.27. The molecular formula is C20H26N4OS. The molecule has 0 radical (unpaired) electrons. The van der Waals surface area contributed by atoms with E-state index in [9.17, 15) is 4.79 Å². The van der Waals surface area contributed by atoms with Gasteiger partial charge in [0.25, 0.3) is 0 Å². The normalized spacial score (nSPS) is 15.1. The van der Waals surface area contributed by atoms with Gasteiger partial charge in [-0.15, -0.1) is 11.8 Å². The Bertz CT molecular complexity index is 710. The van der Waals surface area contributed by atoms with Crippen LogP contribution in [0.2, 0.25) is 0 Å². The highest BCUT2D eigenvalue weighted by molar-refractivity contribution is 7.99. The number of amides is 1. The number of likely N-dealkylation sites (N-methyl/N-ethyl adjacent to an activating group) is 1. The van der Waals surface area contributed by atoms with E-state index in [1.54, 1.807) is 18.0 Å². The van der Waals surface area contributed by atoms with Gasteiger partial charge in [0, 0.05) is 31.9 Å². The van der Waals surface area contributed by atoms with Gasteiger partial charge in [-0.25, -0.2) is 4.98 Å². The summed E-state index contributed by atoms with van der Waals surface area (Å²) >= 11 is 1.62. The summed E-state index contributed by atoms with van der Waals surface area (Å²) < 4.78 is 0. The van der Waals surface area contributed by atoms with Gasteiger partial charge in [0.05, 0.1) is 17.6 Å². The Hall–Kier alpha value is -2.05. The second-order valence-corrected chi connectivity index (χ2v) is 7.71. The third-order valence-electron chi connectivity index (χ3n) is 4.48. The molecule has 0 spiro atoms. The highest BCUT2D eigenvalue weighted by atomic mass is 32.2. The first-order valence-electron chi connectivity index (χ1n) is 8.93. The second kappa shape index (κ2) is 9.05. The quantitative estimate of drug-likeness (QED) is 0.847. The average Bonchev–Trinajstić information content (AvgIpc) is 2.65. The van der Waals surface area contributed by atoms with Gasteiger partial charge < -0.3 is 15.1 Å². The molecular weight excluding hydrogens is 344 g/mol. The maximum atomic E-state index is 12.1. The molecule has 2 aromatic rings. The third-order valence-corrected chi connectivity index (χ3v) is 5.49. The number of anilines is 2. The summed E-state index contributed by atoms with van der Waals surface area (Å²) in [6, 6.07) is 12.3. The molecule has 1 aromatic heterocycles. The summed E-state index contributed by atoms with van der Waals surface area (Å²) in [6.45, 7) is 6.17. The predicted octanol–water partition coefficient (Wildman–Crippen LogP) is 3.01. The zero-order valence-corrected chi connectivity index (χ0v) is 16.3. The molecule has 3 rings (SSSR count). The van der Waals surface area contributed by atoms with Gasteiger partial charge in [-0.05, 0) is 31.7 Å². The van der Waals surface area contributed by atoms with Crippen molar-refractivity contribution in [3.8, 4) is 0 Å². The van der Waals surface area contributed by atoms with E-state index in [1.165, 1.54) is 11.1 Å². The highest BCUT2D eigenvalue weighted by Gasteiger charge is 2.15. The molecule has 1 aliphatic heterocycles. The van der Waals surface area contributed by atoms with Crippen molar-refractivity contribution in [3.63, 3.8) is 0 Å². The van der Waals surface area contributed by atoms with E-state index in [2.05, 4.69) is 58.3 Å². The zero-order valence-electron chi connectivity index (χ0n) is 15.4. The Kier molecular flexibility index (Phi) is 6.52. The Balaban J connectivity index is 1.43. The van der Waals surface area contributed by atoms with Crippen LogP contribution in [0.3, 0.4) is 0 Å². The number of piperazine rings is 1. The van der Waals surface area contributed by atoms with E-state index in [-0.39, 0.29) is 5.91 Å². The van der Waals surface area contributed by atoms with Crippen LogP contribution in [0.5, 0.6) is 0 Å². The van der Waals surface area contributed by atoms with Crippen molar-refractivity contribution in [3.05, 3.63) is 53.7 Å². The second-order valence-electron chi connectivity index (χ2n) is 6.72. The van der Waals surface area contributed by atoms with Gasteiger partial charge in [-0.2, -0.15) is 0 Å². The largest absolute Gasteiger partial charge is 0.354 e. The first kappa shape index (κ1) is 18.7. The van der Waals surface area contributed by atoms with Crippen LogP contribution in [0.15, 0.2) is 42.6 Å². The molecule has 0 atom stereocenters. The van der Waals surface area contributed by atoms with Crippen LogP contribution in [0.4, 0.5) is 11.5 Å². The average molecular weight is 371 g/mol. The predicted molar refractivity (Wildman–Crippen MR) is 110 cm³/mol. The number of thioether (sulfide) groups is 1. The fourth-order valence-corrected chi connectivity index (χ4v) is 3.61. The van der Waals surface area contributed by atoms with Crippen LogP contribution in [0.25, 0.3) is 0 Å². The molecule has 6 heteroatoms. The van der Waals surface area contributed by atoms with Gasteiger partial charge in [-0.3, -0.25) is 4.79 Å². The maximum Gasteiger partial charge on any atom is 0.234 e. The molecule has 2 heterocycles. The number of aromatic nitrogens is 1. The lowest BCUT2D eigenvalue weighted by Gasteiger charge is -2.33. The van der Waals surface area contributed by atoms with Gasteiger partial charge in [0.15, 0.2) is 0 Å². The van der Waals surface area contributed by atoms with Gasteiger partial charge >= 0.3 is 0 Å². The van der Waals surface area contributed by atoms with Gasteiger partial charge in [0.2, 0.25) is 5.91 Å². The number of nitrogens with one attached hydrogen (secondary N) is 1. The maximum absolute atomic E-state index is 12.1. The van der Waals surface area contributed by atoms with Crippen molar-refractivity contribution in [1.29, 1.82) is 0 Å². The lowest BCUT2D eigenvalue weighted by Crippen LogP contribution is -2.44. The zero-order chi connectivity index (χ0) is 18.4. The number of carbonyl (C=O) groups excluding carboxylic acids is 1. The summed E-state index contributed by atoms with van der Waals surface area (Å²) in [4.78, 5) is 21.2. The molecule has 1 aliphatic rings. The Labute approximate surface area is 159 Å². The minimum absolute atomic E-state index is 0.0104. The molecule has 26 heavy (non-hydrogen) atoms. The molecule has 0 aliphatic carbocycles. The molecule has 0 saturated carbocycles. The van der Waals surface area contributed by atoms with E-state index in [0.717, 1.165) is 43.4 Å². The molecule has 1 aromatic carbocycles. The van der Waals surface area contributed by atoms with Crippen LogP contribution in [-0.4, -0.2) is 54.8 Å². The number of nitrogens with zero attached hydrogens (tertiary/aromatic N) is 3. The van der Waals surface area contributed by atoms with Crippen molar-refractivity contribution >= 4 is 29.2 Å².